The molecule has 1 aromatic rings. The van der Waals surface area contributed by atoms with Crippen LogP contribution in [0.3, 0.4) is 0 Å². The molecule has 3 aliphatic carbocycles. The Hall–Kier alpha value is -1.64. The number of fused-ring (bicyclic) bond motifs is 2. The molecule has 2 bridgehead atoms. The molecular weight excluding hydrogens is 312 g/mol. The highest BCUT2D eigenvalue weighted by molar-refractivity contribution is 6.01. The summed E-state index contributed by atoms with van der Waals surface area (Å²) in [5.41, 5.74) is 1.32. The topological polar surface area (TPSA) is 43.4 Å². The van der Waals surface area contributed by atoms with Gasteiger partial charge >= 0.3 is 5.97 Å². The van der Waals surface area contributed by atoms with Crippen LogP contribution in [0.1, 0.15) is 64.4 Å². The smallest absolute Gasteiger partial charge is 0.317 e. The van der Waals surface area contributed by atoms with E-state index in [9.17, 15) is 9.59 Å². The molecule has 3 nitrogen and oxygen atoms in total. The minimum Gasteiger partial charge on any atom is -0.461 e. The van der Waals surface area contributed by atoms with Crippen LogP contribution in [-0.4, -0.2) is 17.9 Å². The third-order valence-corrected chi connectivity index (χ3v) is 7.91. The SMILES string of the molecule is CC1(C)[C@H]2CC[C@]1(C)[C@H](OC(=O)C1C(=O)CC[C@H]1c1ccccc1)C2. The Morgan fingerprint density at radius 2 is 1.84 bits per heavy atom. The number of ketones is 1. The Morgan fingerprint density at radius 3 is 2.44 bits per heavy atom. The first-order valence-corrected chi connectivity index (χ1v) is 9.63. The highest BCUT2D eigenvalue weighted by atomic mass is 16.5. The highest BCUT2D eigenvalue weighted by Gasteiger charge is 2.63. The summed E-state index contributed by atoms with van der Waals surface area (Å²) in [7, 11) is 0. The van der Waals surface area contributed by atoms with E-state index in [0.717, 1.165) is 24.8 Å². The van der Waals surface area contributed by atoms with Crippen molar-refractivity contribution in [3.8, 4) is 0 Å². The normalized spacial score (nSPS) is 38.9. The van der Waals surface area contributed by atoms with Gasteiger partial charge in [0.2, 0.25) is 0 Å². The van der Waals surface area contributed by atoms with Crippen LogP contribution < -0.4 is 0 Å². The summed E-state index contributed by atoms with van der Waals surface area (Å²) in [6.07, 6.45) is 4.48. The van der Waals surface area contributed by atoms with E-state index < -0.39 is 5.92 Å². The Morgan fingerprint density at radius 1 is 1.12 bits per heavy atom. The first-order chi connectivity index (χ1) is 11.8. The van der Waals surface area contributed by atoms with Gasteiger partial charge in [0, 0.05) is 17.8 Å². The largest absolute Gasteiger partial charge is 0.461 e. The van der Waals surface area contributed by atoms with Crippen LogP contribution in [0, 0.1) is 22.7 Å². The van der Waals surface area contributed by atoms with Crippen molar-refractivity contribution < 1.29 is 14.3 Å². The molecule has 134 valence electrons. The van der Waals surface area contributed by atoms with Gasteiger partial charge in [0.25, 0.3) is 0 Å². The molecule has 1 aromatic carbocycles. The predicted molar refractivity (Wildman–Crippen MR) is 96.0 cm³/mol. The molecule has 0 aromatic heterocycles. The summed E-state index contributed by atoms with van der Waals surface area (Å²) in [6.45, 7) is 6.89. The standard InChI is InChI=1S/C22H28O3/c1-21(2)15-11-12-22(21,3)18(13-15)25-20(24)19-16(9-10-17(19)23)14-7-5-4-6-8-14/h4-8,15-16,18-19H,9-13H2,1-3H3/t15-,16-,18+,19?,22+/m0/s1. The fraction of sp³-hybridized carbons (Fsp3) is 0.636. The van der Waals surface area contributed by atoms with Crippen LogP contribution in [0.15, 0.2) is 30.3 Å². The molecule has 3 saturated carbocycles. The molecule has 0 aliphatic heterocycles. The van der Waals surface area contributed by atoms with Crippen molar-refractivity contribution >= 4 is 11.8 Å². The van der Waals surface area contributed by atoms with Crippen molar-refractivity contribution in [3.63, 3.8) is 0 Å². The van der Waals surface area contributed by atoms with Gasteiger partial charge in [0.05, 0.1) is 0 Å². The minimum atomic E-state index is -0.617. The molecule has 1 unspecified atom stereocenters. The van der Waals surface area contributed by atoms with Crippen LogP contribution in [0.4, 0.5) is 0 Å². The van der Waals surface area contributed by atoms with Crippen LogP contribution in [0.2, 0.25) is 0 Å². The van der Waals surface area contributed by atoms with Crippen molar-refractivity contribution in [2.45, 2.75) is 64.9 Å². The summed E-state index contributed by atoms with van der Waals surface area (Å²) >= 11 is 0. The van der Waals surface area contributed by atoms with Crippen molar-refractivity contribution in [1.82, 2.24) is 0 Å². The third-order valence-electron chi connectivity index (χ3n) is 7.91. The Labute approximate surface area is 150 Å². The Balaban J connectivity index is 1.54. The van der Waals surface area contributed by atoms with Crippen LogP contribution >= 0.6 is 0 Å². The van der Waals surface area contributed by atoms with E-state index >= 15 is 0 Å². The molecule has 3 fully saturated rings. The van der Waals surface area contributed by atoms with Gasteiger partial charge in [-0.05, 0) is 42.6 Å². The van der Waals surface area contributed by atoms with Crippen molar-refractivity contribution in [2.75, 3.05) is 0 Å². The maximum absolute atomic E-state index is 13.0. The predicted octanol–water partition coefficient (Wildman–Crippen LogP) is 4.51. The maximum Gasteiger partial charge on any atom is 0.317 e. The molecule has 4 rings (SSSR count). The fourth-order valence-electron chi connectivity index (χ4n) is 5.72. The molecule has 3 aliphatic rings. The molecular formula is C22H28O3. The van der Waals surface area contributed by atoms with E-state index in [1.165, 1.54) is 6.42 Å². The minimum absolute atomic E-state index is 0.0272. The van der Waals surface area contributed by atoms with Crippen LogP contribution in [0.25, 0.3) is 0 Å². The number of carbonyl (C=O) groups excluding carboxylic acids is 2. The molecule has 0 radical (unpaired) electrons. The molecule has 25 heavy (non-hydrogen) atoms. The molecule has 0 heterocycles. The van der Waals surface area contributed by atoms with E-state index in [-0.39, 0.29) is 34.6 Å². The fourth-order valence-corrected chi connectivity index (χ4v) is 5.72. The molecule has 3 heteroatoms. The van der Waals surface area contributed by atoms with Gasteiger partial charge in [-0.25, -0.2) is 0 Å². The van der Waals surface area contributed by atoms with Gasteiger partial charge < -0.3 is 4.74 Å². The summed E-state index contributed by atoms with van der Waals surface area (Å²) in [4.78, 5) is 25.4. The number of benzene rings is 1. The Kier molecular flexibility index (Phi) is 3.82. The lowest BCUT2D eigenvalue weighted by Gasteiger charge is -2.38. The van der Waals surface area contributed by atoms with Crippen LogP contribution in [-0.2, 0) is 14.3 Å². The second-order valence-electron chi connectivity index (χ2n) is 9.04. The molecule has 5 atom stereocenters. The highest BCUT2D eigenvalue weighted by Crippen LogP contribution is 2.66. The summed E-state index contributed by atoms with van der Waals surface area (Å²) in [5, 5.41) is 0. The second-order valence-corrected chi connectivity index (χ2v) is 9.04. The average molecular weight is 340 g/mol. The van der Waals surface area contributed by atoms with E-state index in [1.54, 1.807) is 0 Å². The zero-order valence-corrected chi connectivity index (χ0v) is 15.5. The number of ether oxygens (including phenoxy) is 1. The van der Waals surface area contributed by atoms with Gasteiger partial charge in [-0.15, -0.1) is 0 Å². The van der Waals surface area contributed by atoms with E-state index in [4.69, 9.17) is 4.74 Å². The zero-order valence-electron chi connectivity index (χ0n) is 15.5. The Bertz CT molecular complexity index is 692. The quantitative estimate of drug-likeness (QED) is 0.601. The molecule has 0 amide bonds. The van der Waals surface area contributed by atoms with Crippen molar-refractivity contribution in [1.29, 1.82) is 0 Å². The lowest BCUT2D eigenvalue weighted by Crippen LogP contribution is -2.40. The molecule has 0 spiro atoms. The summed E-state index contributed by atoms with van der Waals surface area (Å²) < 4.78 is 6.03. The summed E-state index contributed by atoms with van der Waals surface area (Å²) in [5.74, 6) is -0.259. The van der Waals surface area contributed by atoms with Crippen LogP contribution in [0.5, 0.6) is 0 Å². The molecule has 0 saturated heterocycles. The lowest BCUT2D eigenvalue weighted by atomic mass is 9.70. The van der Waals surface area contributed by atoms with Gasteiger partial charge in [-0.1, -0.05) is 51.1 Å². The van der Waals surface area contributed by atoms with Gasteiger partial charge in [-0.2, -0.15) is 0 Å². The summed E-state index contributed by atoms with van der Waals surface area (Å²) in [6, 6.07) is 9.95. The maximum atomic E-state index is 13.0. The third kappa shape index (κ3) is 2.38. The van der Waals surface area contributed by atoms with E-state index in [2.05, 4.69) is 20.8 Å². The first-order valence-electron chi connectivity index (χ1n) is 9.63. The van der Waals surface area contributed by atoms with E-state index in [0.29, 0.717) is 12.3 Å². The second kappa shape index (κ2) is 5.69. The number of carbonyl (C=O) groups is 2. The van der Waals surface area contributed by atoms with Crippen molar-refractivity contribution in [2.24, 2.45) is 22.7 Å². The number of hydrogen-bond donors (Lipinski definition) is 0. The van der Waals surface area contributed by atoms with Gasteiger partial charge in [0.1, 0.15) is 17.8 Å². The average Bonchev–Trinajstić information content (AvgIpc) is 3.14. The van der Waals surface area contributed by atoms with Gasteiger partial charge in [-0.3, -0.25) is 9.59 Å². The monoisotopic (exact) mass is 340 g/mol. The molecule has 0 N–H and O–H groups in total. The van der Waals surface area contributed by atoms with Crippen molar-refractivity contribution in [3.05, 3.63) is 35.9 Å². The number of esters is 1. The number of hydrogen-bond acceptors (Lipinski definition) is 3. The van der Waals surface area contributed by atoms with E-state index in [1.807, 2.05) is 30.3 Å². The first kappa shape index (κ1) is 16.8. The number of Topliss-reactive ketones (excluding diaryl/α,β-unsaturated/α-hetero) is 1. The lowest BCUT2D eigenvalue weighted by molar-refractivity contribution is -0.163. The zero-order chi connectivity index (χ0) is 17.8. The number of rotatable bonds is 3. The van der Waals surface area contributed by atoms with Gasteiger partial charge in [0.15, 0.2) is 0 Å².